The van der Waals surface area contributed by atoms with Crippen LogP contribution in [0.1, 0.15) is 17.3 Å². The van der Waals surface area contributed by atoms with Gasteiger partial charge in [0.15, 0.2) is 0 Å². The van der Waals surface area contributed by atoms with E-state index in [1.807, 2.05) is 6.92 Å². The Morgan fingerprint density at radius 1 is 1.32 bits per heavy atom. The summed E-state index contributed by atoms with van der Waals surface area (Å²) in [4.78, 5) is 34.5. The first-order valence-corrected chi connectivity index (χ1v) is 8.49. The predicted octanol–water partition coefficient (Wildman–Crippen LogP) is 3.90. The Hall–Kier alpha value is -2.71. The van der Waals surface area contributed by atoms with Crippen molar-refractivity contribution in [3.8, 4) is 0 Å². The fraction of sp³-hybridized carbons (Fsp3) is 0.125. The third-order valence-electron chi connectivity index (χ3n) is 3.65. The number of thiazole rings is 1. The fourth-order valence-electron chi connectivity index (χ4n) is 2.44. The zero-order valence-electron chi connectivity index (χ0n) is 13.0. The Balaban J connectivity index is 1.93. The molecule has 25 heavy (non-hydrogen) atoms. The number of aromatic nitrogens is 1. The van der Waals surface area contributed by atoms with Gasteiger partial charge in [-0.1, -0.05) is 22.9 Å². The van der Waals surface area contributed by atoms with Gasteiger partial charge in [-0.2, -0.15) is 0 Å². The third kappa shape index (κ3) is 3.26. The van der Waals surface area contributed by atoms with Crippen LogP contribution in [0.3, 0.4) is 0 Å². The highest BCUT2D eigenvalue weighted by molar-refractivity contribution is 7.16. The molecule has 0 aliphatic heterocycles. The van der Waals surface area contributed by atoms with Gasteiger partial charge < -0.3 is 5.32 Å². The van der Waals surface area contributed by atoms with E-state index in [0.29, 0.717) is 12.2 Å². The maximum absolute atomic E-state index is 12.4. The van der Waals surface area contributed by atoms with E-state index in [1.54, 1.807) is 22.8 Å². The molecule has 0 saturated heterocycles. The van der Waals surface area contributed by atoms with Gasteiger partial charge in [-0.15, -0.1) is 0 Å². The number of carbonyl (C=O) groups excluding carboxylic acids is 1. The number of nitrogens with one attached hydrogen (secondary N) is 1. The summed E-state index contributed by atoms with van der Waals surface area (Å²) in [5, 5.41) is 13.6. The fourth-order valence-corrected chi connectivity index (χ4v) is 3.64. The molecule has 0 aliphatic rings. The summed E-state index contributed by atoms with van der Waals surface area (Å²) in [6.45, 7) is 2.45. The van der Waals surface area contributed by atoms with E-state index in [-0.39, 0.29) is 21.1 Å². The number of non-ortho nitro benzene ring substituents is 1. The first kappa shape index (κ1) is 17.1. The summed E-state index contributed by atoms with van der Waals surface area (Å²) in [7, 11) is 0. The molecule has 1 heterocycles. The highest BCUT2D eigenvalue weighted by Crippen LogP contribution is 2.25. The van der Waals surface area contributed by atoms with Crippen molar-refractivity contribution in [3.63, 3.8) is 0 Å². The molecule has 1 N–H and O–H groups in total. The van der Waals surface area contributed by atoms with Crippen molar-refractivity contribution in [2.24, 2.45) is 0 Å². The van der Waals surface area contributed by atoms with Crippen LogP contribution >= 0.6 is 22.9 Å². The molecule has 3 aromatic rings. The van der Waals surface area contributed by atoms with E-state index >= 15 is 0 Å². The van der Waals surface area contributed by atoms with Gasteiger partial charge in [0.1, 0.15) is 0 Å². The third-order valence-corrected chi connectivity index (χ3v) is 4.92. The van der Waals surface area contributed by atoms with E-state index in [9.17, 15) is 19.7 Å². The molecule has 0 atom stereocenters. The molecular weight excluding hydrogens is 366 g/mol. The molecule has 7 nitrogen and oxygen atoms in total. The minimum absolute atomic E-state index is 0.00952. The number of amides is 1. The normalized spacial score (nSPS) is 10.8. The van der Waals surface area contributed by atoms with Crippen LogP contribution in [0, 0.1) is 10.1 Å². The first-order chi connectivity index (χ1) is 11.9. The van der Waals surface area contributed by atoms with Crippen molar-refractivity contribution in [2.75, 3.05) is 5.32 Å². The van der Waals surface area contributed by atoms with Crippen LogP contribution in [0.5, 0.6) is 0 Å². The molecule has 0 radical (unpaired) electrons. The Bertz CT molecular complexity index is 1060. The molecule has 1 amide bonds. The van der Waals surface area contributed by atoms with E-state index in [2.05, 4.69) is 5.32 Å². The van der Waals surface area contributed by atoms with Gasteiger partial charge in [-0.3, -0.25) is 24.3 Å². The lowest BCUT2D eigenvalue weighted by Gasteiger charge is -2.07. The number of fused-ring (bicyclic) bond motifs is 1. The van der Waals surface area contributed by atoms with E-state index in [1.165, 1.54) is 12.1 Å². The largest absolute Gasteiger partial charge is 0.322 e. The van der Waals surface area contributed by atoms with Gasteiger partial charge in [0.2, 0.25) is 0 Å². The Morgan fingerprint density at radius 3 is 2.76 bits per heavy atom. The molecule has 0 bridgehead atoms. The Morgan fingerprint density at radius 2 is 2.08 bits per heavy atom. The molecule has 0 saturated carbocycles. The molecule has 0 unspecified atom stereocenters. The topological polar surface area (TPSA) is 94.2 Å². The molecule has 2 aromatic carbocycles. The predicted molar refractivity (Wildman–Crippen MR) is 97.8 cm³/mol. The van der Waals surface area contributed by atoms with Crippen molar-refractivity contribution in [1.82, 2.24) is 4.57 Å². The van der Waals surface area contributed by atoms with Gasteiger partial charge >= 0.3 is 4.87 Å². The average Bonchev–Trinajstić information content (AvgIpc) is 2.89. The van der Waals surface area contributed by atoms with Crippen molar-refractivity contribution in [2.45, 2.75) is 13.5 Å². The second-order valence-electron chi connectivity index (χ2n) is 5.17. The Labute approximate surface area is 150 Å². The maximum Gasteiger partial charge on any atom is 0.308 e. The van der Waals surface area contributed by atoms with Gasteiger partial charge in [-0.25, -0.2) is 0 Å². The minimum atomic E-state index is -0.593. The quantitative estimate of drug-likeness (QED) is 0.551. The Kier molecular flexibility index (Phi) is 4.56. The SMILES string of the molecule is CCn1c(=O)sc2cc(NC(=O)c3cc([N+](=O)[O-])ccc3Cl)ccc21. The summed E-state index contributed by atoms with van der Waals surface area (Å²) in [6, 6.07) is 8.78. The molecule has 1 aromatic heterocycles. The van der Waals surface area contributed by atoms with Gasteiger partial charge in [-0.05, 0) is 31.2 Å². The second kappa shape index (κ2) is 6.66. The van der Waals surface area contributed by atoms with E-state index in [0.717, 1.165) is 27.6 Å². The number of anilines is 1. The number of nitro groups is 1. The van der Waals surface area contributed by atoms with E-state index in [4.69, 9.17) is 11.6 Å². The zero-order chi connectivity index (χ0) is 18.1. The second-order valence-corrected chi connectivity index (χ2v) is 6.57. The number of nitro benzene ring substituents is 1. The van der Waals surface area contributed by atoms with Crippen LogP contribution in [-0.2, 0) is 6.54 Å². The summed E-state index contributed by atoms with van der Waals surface area (Å²) >= 11 is 7.06. The summed E-state index contributed by atoms with van der Waals surface area (Å²) in [6.07, 6.45) is 0. The molecule has 9 heteroatoms. The lowest BCUT2D eigenvalue weighted by atomic mass is 10.2. The lowest BCUT2D eigenvalue weighted by molar-refractivity contribution is -0.384. The van der Waals surface area contributed by atoms with Crippen LogP contribution in [0.15, 0.2) is 41.2 Å². The molecule has 0 fully saturated rings. The summed E-state index contributed by atoms with van der Waals surface area (Å²) in [5.41, 5.74) is 1.06. The minimum Gasteiger partial charge on any atom is -0.322 e. The highest BCUT2D eigenvalue weighted by atomic mass is 35.5. The standard InChI is InChI=1S/C16H12ClN3O4S/c1-2-19-13-6-3-9(7-14(13)25-16(19)22)18-15(21)11-8-10(20(23)24)4-5-12(11)17/h3-8H,2H2,1H3,(H,18,21). The van der Waals surface area contributed by atoms with E-state index < -0.39 is 10.8 Å². The molecule has 0 spiro atoms. The van der Waals surface area contributed by atoms with Gasteiger partial charge in [0.25, 0.3) is 11.6 Å². The van der Waals surface area contributed by atoms with Gasteiger partial charge in [0, 0.05) is 24.4 Å². The zero-order valence-corrected chi connectivity index (χ0v) is 14.6. The van der Waals surface area contributed by atoms with Crippen LogP contribution in [0.25, 0.3) is 10.2 Å². The summed E-state index contributed by atoms with van der Waals surface area (Å²) in [5.74, 6) is -0.560. The van der Waals surface area contributed by atoms with Gasteiger partial charge in [0.05, 0.1) is 25.7 Å². The van der Waals surface area contributed by atoms with Crippen LogP contribution in [0.2, 0.25) is 5.02 Å². The molecule has 0 aliphatic carbocycles. The van der Waals surface area contributed by atoms with Crippen molar-refractivity contribution < 1.29 is 9.72 Å². The number of hydrogen-bond acceptors (Lipinski definition) is 5. The smallest absolute Gasteiger partial charge is 0.308 e. The van der Waals surface area contributed by atoms with Crippen LogP contribution < -0.4 is 10.2 Å². The van der Waals surface area contributed by atoms with Crippen LogP contribution in [0.4, 0.5) is 11.4 Å². The number of rotatable bonds is 4. The molecule has 128 valence electrons. The first-order valence-electron chi connectivity index (χ1n) is 7.29. The number of hydrogen-bond donors (Lipinski definition) is 1. The van der Waals surface area contributed by atoms with Crippen LogP contribution in [-0.4, -0.2) is 15.4 Å². The molecular formula is C16H12ClN3O4S. The molecule has 3 rings (SSSR count). The van der Waals surface area contributed by atoms with Crippen molar-refractivity contribution in [3.05, 3.63) is 66.8 Å². The maximum atomic E-state index is 12.4. The number of halogens is 1. The highest BCUT2D eigenvalue weighted by Gasteiger charge is 2.16. The lowest BCUT2D eigenvalue weighted by Crippen LogP contribution is -2.13. The number of aryl methyl sites for hydroxylation is 1. The van der Waals surface area contributed by atoms with Crippen molar-refractivity contribution >= 4 is 50.4 Å². The average molecular weight is 378 g/mol. The number of benzene rings is 2. The summed E-state index contributed by atoms with van der Waals surface area (Å²) < 4.78 is 2.39. The monoisotopic (exact) mass is 377 g/mol. The van der Waals surface area contributed by atoms with Crippen molar-refractivity contribution in [1.29, 1.82) is 0 Å². The number of carbonyl (C=O) groups is 1. The number of nitrogens with zero attached hydrogens (tertiary/aromatic N) is 2.